The van der Waals surface area contributed by atoms with Crippen LogP contribution in [0.2, 0.25) is 5.02 Å². The van der Waals surface area contributed by atoms with Gasteiger partial charge in [-0.3, -0.25) is 9.69 Å². The summed E-state index contributed by atoms with van der Waals surface area (Å²) in [5.74, 6) is -0.314. The Bertz CT molecular complexity index is 814. The molecule has 0 aromatic heterocycles. The van der Waals surface area contributed by atoms with Crippen LogP contribution in [0.3, 0.4) is 0 Å². The highest BCUT2D eigenvalue weighted by Crippen LogP contribution is 2.26. The number of anilines is 2. The number of carbonyl (C=O) groups excluding carboxylic acids is 1. The summed E-state index contributed by atoms with van der Waals surface area (Å²) in [4.78, 5) is 16.9. The van der Waals surface area contributed by atoms with Gasteiger partial charge in [0.1, 0.15) is 5.75 Å². The molecule has 1 fully saturated rings. The monoisotopic (exact) mass is 409 g/mol. The Morgan fingerprint density at radius 1 is 1.11 bits per heavy atom. The lowest BCUT2D eigenvalue weighted by molar-refractivity contribution is -0.120. The predicted octanol–water partition coefficient (Wildman–Crippen LogP) is 4.09. The third-order valence-corrected chi connectivity index (χ3v) is 5.01. The number of hydrogen-bond acceptors (Lipinski definition) is 4. The van der Waals surface area contributed by atoms with Crippen LogP contribution in [0.5, 0.6) is 5.75 Å². The Hall–Kier alpha value is -2.38. The van der Waals surface area contributed by atoms with Crippen molar-refractivity contribution in [2.24, 2.45) is 0 Å². The molecule has 0 radical (unpaired) electrons. The van der Waals surface area contributed by atoms with Gasteiger partial charge < -0.3 is 15.0 Å². The average molecular weight is 410 g/mol. The third-order valence-electron chi connectivity index (χ3n) is 4.78. The number of ether oxygens (including phenoxy) is 1. The molecule has 1 aliphatic rings. The Balaban J connectivity index is 1.58. The molecule has 28 heavy (non-hydrogen) atoms. The first kappa shape index (κ1) is 20.4. The van der Waals surface area contributed by atoms with Crippen molar-refractivity contribution in [2.45, 2.75) is 19.6 Å². The van der Waals surface area contributed by atoms with Crippen LogP contribution >= 0.6 is 11.6 Å². The highest BCUT2D eigenvalue weighted by atomic mass is 35.5. The second-order valence-corrected chi connectivity index (χ2v) is 6.98. The highest BCUT2D eigenvalue weighted by molar-refractivity contribution is 6.30. The summed E-state index contributed by atoms with van der Waals surface area (Å²) in [6.45, 7) is 1.80. The van der Waals surface area contributed by atoms with Crippen LogP contribution in [0.15, 0.2) is 48.5 Å². The van der Waals surface area contributed by atoms with Gasteiger partial charge in [-0.25, -0.2) is 0 Å². The number of carbonyl (C=O) groups is 1. The molecule has 1 atom stereocenters. The zero-order valence-electron chi connectivity index (χ0n) is 15.4. The van der Waals surface area contributed by atoms with Crippen molar-refractivity contribution in [2.75, 3.05) is 36.4 Å². The molecule has 0 spiro atoms. The second-order valence-electron chi connectivity index (χ2n) is 6.54. The summed E-state index contributed by atoms with van der Waals surface area (Å²) < 4.78 is 29.5. The number of hydrogen-bond donors (Lipinski definition) is 1. The van der Waals surface area contributed by atoms with Crippen LogP contribution in [0.1, 0.15) is 6.92 Å². The number of rotatable bonds is 6. The molecule has 0 saturated carbocycles. The van der Waals surface area contributed by atoms with Crippen LogP contribution in [-0.2, 0) is 4.79 Å². The summed E-state index contributed by atoms with van der Waals surface area (Å²) in [5, 5.41) is 3.39. The maximum atomic E-state index is 12.6. The normalized spacial score (nSPS) is 16.1. The van der Waals surface area contributed by atoms with Crippen molar-refractivity contribution in [1.29, 1.82) is 0 Å². The number of alkyl halides is 2. The van der Waals surface area contributed by atoms with Gasteiger partial charge in [0.05, 0.1) is 11.7 Å². The molecule has 1 N–H and O–H groups in total. The topological polar surface area (TPSA) is 44.8 Å². The molecule has 0 unspecified atom stereocenters. The Kier molecular flexibility index (Phi) is 6.70. The van der Waals surface area contributed by atoms with Crippen LogP contribution in [0.25, 0.3) is 0 Å². The van der Waals surface area contributed by atoms with Gasteiger partial charge in [0.25, 0.3) is 0 Å². The van der Waals surface area contributed by atoms with E-state index < -0.39 is 12.7 Å². The van der Waals surface area contributed by atoms with Crippen LogP contribution in [0, 0.1) is 0 Å². The molecule has 2 aromatic rings. The van der Waals surface area contributed by atoms with E-state index in [2.05, 4.69) is 19.9 Å². The van der Waals surface area contributed by atoms with Gasteiger partial charge in [-0.05, 0) is 37.3 Å². The predicted molar refractivity (Wildman–Crippen MR) is 106 cm³/mol. The van der Waals surface area contributed by atoms with Crippen molar-refractivity contribution >= 4 is 28.9 Å². The number of benzene rings is 2. The molecule has 150 valence electrons. The van der Waals surface area contributed by atoms with E-state index >= 15 is 0 Å². The molecule has 0 bridgehead atoms. The summed E-state index contributed by atoms with van der Waals surface area (Å²) >= 11 is 6.06. The summed E-state index contributed by atoms with van der Waals surface area (Å²) in [5.41, 5.74) is 1.29. The van der Waals surface area contributed by atoms with Crippen molar-refractivity contribution in [1.82, 2.24) is 4.90 Å². The quantitative estimate of drug-likeness (QED) is 0.780. The molecular weight excluding hydrogens is 388 g/mol. The maximum Gasteiger partial charge on any atom is 0.387 e. The van der Waals surface area contributed by atoms with Crippen LogP contribution < -0.4 is 15.0 Å². The van der Waals surface area contributed by atoms with Gasteiger partial charge in [-0.1, -0.05) is 29.8 Å². The van der Waals surface area contributed by atoms with E-state index in [1.165, 1.54) is 6.07 Å². The van der Waals surface area contributed by atoms with Crippen LogP contribution in [0.4, 0.5) is 20.2 Å². The fourth-order valence-corrected chi connectivity index (χ4v) is 3.40. The Morgan fingerprint density at radius 3 is 2.50 bits per heavy atom. The standard InChI is InChI=1S/C20H22ClF2N3O2/c1-14(19(27)24-17-7-2-3-8-18(17)28-20(22)23)25-9-11-26(12-10-25)16-6-4-5-15(21)13-16/h2-8,13-14,20H,9-12H2,1H3,(H,24,27)/t14-/m1/s1. The largest absolute Gasteiger partial charge is 0.433 e. The second kappa shape index (κ2) is 9.21. The van der Waals surface area contributed by atoms with E-state index in [0.717, 1.165) is 18.8 Å². The smallest absolute Gasteiger partial charge is 0.387 e. The van der Waals surface area contributed by atoms with Crippen LogP contribution in [-0.4, -0.2) is 49.6 Å². The summed E-state index contributed by atoms with van der Waals surface area (Å²) in [7, 11) is 0. The van der Waals surface area contributed by atoms with Crippen molar-refractivity contribution in [3.8, 4) is 5.75 Å². The van der Waals surface area contributed by atoms with Crippen molar-refractivity contribution in [3.05, 3.63) is 53.6 Å². The molecule has 1 heterocycles. The lowest BCUT2D eigenvalue weighted by atomic mass is 10.2. The van der Waals surface area contributed by atoms with E-state index in [1.54, 1.807) is 25.1 Å². The maximum absolute atomic E-state index is 12.6. The molecule has 0 aliphatic carbocycles. The zero-order chi connectivity index (χ0) is 20.1. The fraction of sp³-hybridized carbons (Fsp3) is 0.350. The average Bonchev–Trinajstić information content (AvgIpc) is 2.68. The van der Waals surface area contributed by atoms with E-state index in [4.69, 9.17) is 11.6 Å². The first-order chi connectivity index (χ1) is 13.4. The van der Waals surface area contributed by atoms with Gasteiger partial charge in [-0.2, -0.15) is 8.78 Å². The number of nitrogens with zero attached hydrogens (tertiary/aromatic N) is 2. The molecule has 1 saturated heterocycles. The van der Waals surface area contributed by atoms with E-state index in [-0.39, 0.29) is 17.3 Å². The minimum Gasteiger partial charge on any atom is -0.433 e. The molecule has 3 rings (SSSR count). The minimum atomic E-state index is -2.95. The number of para-hydroxylation sites is 2. The van der Waals surface area contributed by atoms with E-state index in [0.29, 0.717) is 18.1 Å². The first-order valence-electron chi connectivity index (χ1n) is 9.03. The van der Waals surface area contributed by atoms with Gasteiger partial charge in [0.15, 0.2) is 0 Å². The zero-order valence-corrected chi connectivity index (χ0v) is 16.2. The lowest BCUT2D eigenvalue weighted by Gasteiger charge is -2.38. The minimum absolute atomic E-state index is 0.0520. The van der Waals surface area contributed by atoms with Gasteiger partial charge >= 0.3 is 6.61 Å². The van der Waals surface area contributed by atoms with Gasteiger partial charge in [-0.15, -0.1) is 0 Å². The molecule has 1 amide bonds. The SMILES string of the molecule is C[C@H](C(=O)Nc1ccccc1OC(F)F)N1CCN(c2cccc(Cl)c2)CC1. The van der Waals surface area contributed by atoms with E-state index in [1.807, 2.05) is 24.3 Å². The molecule has 5 nitrogen and oxygen atoms in total. The van der Waals surface area contributed by atoms with E-state index in [9.17, 15) is 13.6 Å². The number of nitrogens with one attached hydrogen (secondary N) is 1. The molecule has 2 aromatic carbocycles. The fourth-order valence-electron chi connectivity index (χ4n) is 3.21. The number of amides is 1. The Labute approximate surface area is 167 Å². The van der Waals surface area contributed by atoms with Gasteiger partial charge in [0, 0.05) is 36.9 Å². The molecule has 8 heteroatoms. The van der Waals surface area contributed by atoms with Crippen molar-refractivity contribution < 1.29 is 18.3 Å². The summed E-state index contributed by atoms with van der Waals surface area (Å²) in [6.07, 6.45) is 0. The molecular formula is C20H22ClF2N3O2. The highest BCUT2D eigenvalue weighted by Gasteiger charge is 2.26. The van der Waals surface area contributed by atoms with Crippen molar-refractivity contribution in [3.63, 3.8) is 0 Å². The third kappa shape index (κ3) is 5.11. The molecule has 1 aliphatic heterocycles. The number of piperazine rings is 1. The lowest BCUT2D eigenvalue weighted by Crippen LogP contribution is -2.52. The first-order valence-corrected chi connectivity index (χ1v) is 9.41. The van der Waals surface area contributed by atoms with Gasteiger partial charge in [0.2, 0.25) is 5.91 Å². The number of halogens is 3. The summed E-state index contributed by atoms with van der Waals surface area (Å²) in [6, 6.07) is 13.5. The Morgan fingerprint density at radius 2 is 1.82 bits per heavy atom.